The molecular weight excluding hydrogens is 240 g/mol. The Bertz CT molecular complexity index is 586. The Morgan fingerprint density at radius 3 is 2.74 bits per heavy atom. The van der Waals surface area contributed by atoms with Crippen molar-refractivity contribution >= 4 is 22.5 Å². The number of rotatable bonds is 4. The van der Waals surface area contributed by atoms with E-state index in [1.165, 1.54) is 0 Å². The maximum absolute atomic E-state index is 12.5. The number of hydrogen-bond acceptors (Lipinski definition) is 3. The highest BCUT2D eigenvalue weighted by molar-refractivity contribution is 6.05. The van der Waals surface area contributed by atoms with Gasteiger partial charge in [0, 0.05) is 24.2 Å². The van der Waals surface area contributed by atoms with Crippen molar-refractivity contribution in [2.24, 2.45) is 0 Å². The maximum Gasteiger partial charge on any atom is 0.274 e. The summed E-state index contributed by atoms with van der Waals surface area (Å²) in [4.78, 5) is 14.3. The normalized spacial score (nSPS) is 11.2. The van der Waals surface area contributed by atoms with Gasteiger partial charge >= 0.3 is 0 Å². The summed E-state index contributed by atoms with van der Waals surface area (Å²) in [7, 11) is 1.83. The molecule has 0 aliphatic rings. The monoisotopic (exact) mass is 260 g/mol. The number of nitrogens with two attached hydrogens (primary N) is 1. The number of nitrogen functional groups attached to an aromatic ring is 1. The molecule has 0 aliphatic carbocycles. The van der Waals surface area contributed by atoms with Crippen molar-refractivity contribution in [1.29, 1.82) is 0 Å². The molecule has 0 saturated carbocycles. The Hall–Kier alpha value is -2.04. The molecule has 1 amide bonds. The third kappa shape index (κ3) is 2.41. The van der Waals surface area contributed by atoms with Gasteiger partial charge in [0.25, 0.3) is 5.91 Å². The van der Waals surface area contributed by atoms with Crippen molar-refractivity contribution in [3.05, 3.63) is 23.9 Å². The van der Waals surface area contributed by atoms with Crippen LogP contribution < -0.4 is 5.73 Å². The van der Waals surface area contributed by atoms with Gasteiger partial charge in [0.2, 0.25) is 0 Å². The molecule has 0 bridgehead atoms. The zero-order valence-electron chi connectivity index (χ0n) is 11.6. The molecule has 0 radical (unpaired) electrons. The number of nitrogens with one attached hydrogen (secondary N) is 1. The lowest BCUT2D eigenvalue weighted by Crippen LogP contribution is -2.36. The topological polar surface area (TPSA) is 75.0 Å². The van der Waals surface area contributed by atoms with Crippen LogP contribution in [0, 0.1) is 0 Å². The molecule has 5 nitrogen and oxygen atoms in total. The fraction of sp³-hybridized carbons (Fsp3) is 0.429. The highest BCUT2D eigenvalue weighted by Crippen LogP contribution is 2.21. The minimum absolute atomic E-state index is 0.0643. The fourth-order valence-electron chi connectivity index (χ4n) is 2.36. The lowest BCUT2D eigenvalue weighted by Gasteiger charge is -2.25. The Morgan fingerprint density at radius 1 is 1.42 bits per heavy atom. The quantitative estimate of drug-likeness (QED) is 0.829. The van der Waals surface area contributed by atoms with Crippen LogP contribution in [0.4, 0.5) is 5.69 Å². The van der Waals surface area contributed by atoms with Gasteiger partial charge in [-0.15, -0.1) is 0 Å². The van der Waals surface area contributed by atoms with Gasteiger partial charge in [0.1, 0.15) is 0 Å². The van der Waals surface area contributed by atoms with E-state index in [-0.39, 0.29) is 11.9 Å². The molecule has 2 rings (SSSR count). The molecule has 0 saturated heterocycles. The summed E-state index contributed by atoms with van der Waals surface area (Å²) in [6, 6.07) is 5.65. The van der Waals surface area contributed by atoms with E-state index in [0.29, 0.717) is 11.4 Å². The summed E-state index contributed by atoms with van der Waals surface area (Å²) in [5.74, 6) is -0.0643. The second-order valence-corrected chi connectivity index (χ2v) is 4.76. The van der Waals surface area contributed by atoms with Crippen LogP contribution in [0.25, 0.3) is 10.9 Å². The van der Waals surface area contributed by atoms with Crippen molar-refractivity contribution in [3.8, 4) is 0 Å². The van der Waals surface area contributed by atoms with Crippen molar-refractivity contribution in [1.82, 2.24) is 15.1 Å². The second kappa shape index (κ2) is 5.30. The minimum atomic E-state index is -0.0643. The van der Waals surface area contributed by atoms with Crippen LogP contribution in [0.5, 0.6) is 0 Å². The van der Waals surface area contributed by atoms with E-state index >= 15 is 0 Å². The van der Waals surface area contributed by atoms with E-state index in [1.54, 1.807) is 17.0 Å². The lowest BCUT2D eigenvalue weighted by molar-refractivity contribution is 0.0719. The van der Waals surface area contributed by atoms with Gasteiger partial charge < -0.3 is 10.6 Å². The second-order valence-electron chi connectivity index (χ2n) is 4.76. The molecule has 3 N–H and O–H groups in total. The standard InChI is InChI=1S/C14H20N4O/c1-4-10(5-2)18(3)14(19)13-11-8-9(15)6-7-12(11)16-17-13/h6-8,10H,4-5,15H2,1-3H3,(H,16,17). The molecule has 0 aliphatic heterocycles. The number of H-pyrrole nitrogens is 1. The first-order chi connectivity index (χ1) is 9.08. The summed E-state index contributed by atoms with van der Waals surface area (Å²) in [5, 5.41) is 7.79. The molecule has 1 heterocycles. The summed E-state index contributed by atoms with van der Waals surface area (Å²) in [6.07, 6.45) is 1.87. The number of anilines is 1. The smallest absolute Gasteiger partial charge is 0.274 e. The summed E-state index contributed by atoms with van der Waals surface area (Å²) >= 11 is 0. The zero-order valence-corrected chi connectivity index (χ0v) is 11.6. The molecule has 0 fully saturated rings. The first-order valence-electron chi connectivity index (χ1n) is 6.59. The lowest BCUT2D eigenvalue weighted by atomic mass is 10.1. The molecule has 0 spiro atoms. The van der Waals surface area contributed by atoms with Crippen LogP contribution in [0.3, 0.4) is 0 Å². The van der Waals surface area contributed by atoms with E-state index < -0.39 is 0 Å². The Labute approximate surface area is 112 Å². The number of fused-ring (bicyclic) bond motifs is 1. The Morgan fingerprint density at radius 2 is 2.11 bits per heavy atom. The SMILES string of the molecule is CCC(CC)N(C)C(=O)c1n[nH]c2ccc(N)cc12. The van der Waals surface area contributed by atoms with E-state index in [2.05, 4.69) is 24.0 Å². The van der Waals surface area contributed by atoms with Crippen molar-refractivity contribution in [2.45, 2.75) is 32.7 Å². The molecular formula is C14H20N4O. The predicted octanol–water partition coefficient (Wildman–Crippen LogP) is 2.41. The van der Waals surface area contributed by atoms with Crippen LogP contribution in [-0.2, 0) is 0 Å². The predicted molar refractivity (Wildman–Crippen MR) is 77.0 cm³/mol. The first-order valence-corrected chi connectivity index (χ1v) is 6.59. The van der Waals surface area contributed by atoms with E-state index in [4.69, 9.17) is 5.73 Å². The van der Waals surface area contributed by atoms with Crippen molar-refractivity contribution < 1.29 is 4.79 Å². The molecule has 5 heteroatoms. The van der Waals surface area contributed by atoms with Gasteiger partial charge in [-0.25, -0.2) is 0 Å². The molecule has 19 heavy (non-hydrogen) atoms. The number of carbonyl (C=O) groups excluding carboxylic acids is 1. The largest absolute Gasteiger partial charge is 0.399 e. The Kier molecular flexibility index (Phi) is 3.74. The zero-order chi connectivity index (χ0) is 14.0. The molecule has 1 aromatic carbocycles. The number of aromatic amines is 1. The molecule has 0 unspecified atom stereocenters. The minimum Gasteiger partial charge on any atom is -0.399 e. The van der Waals surface area contributed by atoms with Gasteiger partial charge in [0.05, 0.1) is 5.52 Å². The highest BCUT2D eigenvalue weighted by atomic mass is 16.2. The van der Waals surface area contributed by atoms with E-state index in [1.807, 2.05) is 13.1 Å². The van der Waals surface area contributed by atoms with E-state index in [9.17, 15) is 4.79 Å². The number of carbonyl (C=O) groups is 1. The van der Waals surface area contributed by atoms with Crippen LogP contribution in [0.2, 0.25) is 0 Å². The van der Waals surface area contributed by atoms with Crippen molar-refractivity contribution in [2.75, 3.05) is 12.8 Å². The summed E-state index contributed by atoms with van der Waals surface area (Å²) in [6.45, 7) is 4.16. The van der Waals surface area contributed by atoms with Crippen LogP contribution in [-0.4, -0.2) is 34.1 Å². The average Bonchev–Trinajstić information content (AvgIpc) is 2.82. The summed E-state index contributed by atoms with van der Waals surface area (Å²) < 4.78 is 0. The van der Waals surface area contributed by atoms with E-state index in [0.717, 1.165) is 23.7 Å². The van der Waals surface area contributed by atoms with Crippen LogP contribution in [0.1, 0.15) is 37.2 Å². The van der Waals surface area contributed by atoms with Gasteiger partial charge in [0.15, 0.2) is 5.69 Å². The first kappa shape index (κ1) is 13.4. The Balaban J connectivity index is 2.38. The number of aromatic nitrogens is 2. The van der Waals surface area contributed by atoms with Gasteiger partial charge in [-0.05, 0) is 31.0 Å². The number of nitrogens with zero attached hydrogens (tertiary/aromatic N) is 2. The molecule has 2 aromatic rings. The van der Waals surface area contributed by atoms with Crippen LogP contribution in [0.15, 0.2) is 18.2 Å². The molecule has 0 atom stereocenters. The highest BCUT2D eigenvalue weighted by Gasteiger charge is 2.22. The number of amides is 1. The fourth-order valence-corrected chi connectivity index (χ4v) is 2.36. The summed E-state index contributed by atoms with van der Waals surface area (Å²) in [5.41, 5.74) is 7.68. The van der Waals surface area contributed by atoms with Crippen molar-refractivity contribution in [3.63, 3.8) is 0 Å². The van der Waals surface area contributed by atoms with Gasteiger partial charge in [-0.3, -0.25) is 9.89 Å². The van der Waals surface area contributed by atoms with Crippen LogP contribution >= 0.6 is 0 Å². The average molecular weight is 260 g/mol. The molecule has 102 valence electrons. The molecule has 1 aromatic heterocycles. The third-order valence-electron chi connectivity index (χ3n) is 3.60. The number of hydrogen-bond donors (Lipinski definition) is 2. The van der Waals surface area contributed by atoms with Gasteiger partial charge in [-0.1, -0.05) is 13.8 Å². The van der Waals surface area contributed by atoms with Gasteiger partial charge in [-0.2, -0.15) is 5.10 Å². The maximum atomic E-state index is 12.5. The third-order valence-corrected chi connectivity index (χ3v) is 3.60. The number of benzene rings is 1.